The van der Waals surface area contributed by atoms with Gasteiger partial charge in [0.1, 0.15) is 11.6 Å². The van der Waals surface area contributed by atoms with Gasteiger partial charge < -0.3 is 5.73 Å². The Labute approximate surface area is 118 Å². The van der Waals surface area contributed by atoms with Crippen LogP contribution < -0.4 is 5.73 Å². The van der Waals surface area contributed by atoms with Crippen LogP contribution in [0.2, 0.25) is 0 Å². The lowest BCUT2D eigenvalue weighted by Gasteiger charge is -2.12. The van der Waals surface area contributed by atoms with E-state index in [1.54, 1.807) is 12.1 Å². The highest BCUT2D eigenvalue weighted by Crippen LogP contribution is 2.25. The number of halogens is 1. The highest BCUT2D eigenvalue weighted by molar-refractivity contribution is 5.26. The van der Waals surface area contributed by atoms with Crippen LogP contribution in [0.1, 0.15) is 47.9 Å². The van der Waals surface area contributed by atoms with E-state index in [0.717, 1.165) is 36.9 Å². The quantitative estimate of drug-likeness (QED) is 0.854. The summed E-state index contributed by atoms with van der Waals surface area (Å²) in [5, 5.41) is 0. The van der Waals surface area contributed by atoms with E-state index in [0.29, 0.717) is 17.8 Å². The average Bonchev–Trinajstić information content (AvgIpc) is 2.63. The Hall–Kier alpha value is -1.81. The fraction of sp³-hybridized carbons (Fsp3) is 0.375. The monoisotopic (exact) mass is 271 g/mol. The van der Waals surface area contributed by atoms with E-state index >= 15 is 0 Å². The second-order valence-corrected chi connectivity index (χ2v) is 5.31. The van der Waals surface area contributed by atoms with Crippen LogP contribution in [0.15, 0.2) is 30.5 Å². The molecule has 1 aliphatic carbocycles. The summed E-state index contributed by atoms with van der Waals surface area (Å²) in [4.78, 5) is 8.97. The predicted octanol–water partition coefficient (Wildman–Crippen LogP) is 2.93. The number of aromatic nitrogens is 2. The number of nitrogens with zero attached hydrogens (tertiary/aromatic N) is 2. The highest BCUT2D eigenvalue weighted by Gasteiger charge is 2.17. The molecule has 0 radical (unpaired) electrons. The van der Waals surface area contributed by atoms with E-state index in [1.165, 1.54) is 6.07 Å². The highest BCUT2D eigenvalue weighted by atomic mass is 19.1. The molecular formula is C16H18FN3. The van der Waals surface area contributed by atoms with E-state index < -0.39 is 0 Å². The molecule has 104 valence electrons. The molecule has 3 nitrogen and oxygen atoms in total. The molecule has 3 rings (SSSR count). The maximum atomic E-state index is 13.7. The van der Waals surface area contributed by atoms with E-state index in [2.05, 4.69) is 9.97 Å². The van der Waals surface area contributed by atoms with Crippen LogP contribution in [-0.2, 0) is 12.8 Å². The normalized spacial score (nSPS) is 18.4. The largest absolute Gasteiger partial charge is 0.324 e. The van der Waals surface area contributed by atoms with Crippen molar-refractivity contribution in [3.8, 4) is 0 Å². The second kappa shape index (κ2) is 5.67. The summed E-state index contributed by atoms with van der Waals surface area (Å²) < 4.78 is 13.7. The van der Waals surface area contributed by atoms with Crippen molar-refractivity contribution in [2.75, 3.05) is 0 Å². The third-order valence-electron chi connectivity index (χ3n) is 3.83. The zero-order valence-corrected chi connectivity index (χ0v) is 11.3. The van der Waals surface area contributed by atoms with Gasteiger partial charge in [-0.1, -0.05) is 24.6 Å². The molecule has 0 spiro atoms. The summed E-state index contributed by atoms with van der Waals surface area (Å²) in [6.45, 7) is 0. The van der Waals surface area contributed by atoms with Crippen molar-refractivity contribution in [3.05, 3.63) is 58.9 Å². The van der Waals surface area contributed by atoms with Crippen molar-refractivity contribution in [3.63, 3.8) is 0 Å². The Morgan fingerprint density at radius 3 is 2.95 bits per heavy atom. The van der Waals surface area contributed by atoms with E-state index in [-0.39, 0.29) is 11.9 Å². The molecular weight excluding hydrogens is 253 g/mol. The van der Waals surface area contributed by atoms with Gasteiger partial charge in [-0.25, -0.2) is 14.4 Å². The maximum absolute atomic E-state index is 13.7. The minimum atomic E-state index is -0.206. The average molecular weight is 271 g/mol. The van der Waals surface area contributed by atoms with Crippen LogP contribution in [0.3, 0.4) is 0 Å². The van der Waals surface area contributed by atoms with Crippen LogP contribution in [-0.4, -0.2) is 9.97 Å². The number of hydrogen-bond donors (Lipinski definition) is 1. The molecule has 1 unspecified atom stereocenters. The minimum Gasteiger partial charge on any atom is -0.324 e. The lowest BCUT2D eigenvalue weighted by molar-refractivity contribution is 0.610. The first-order chi connectivity index (χ1) is 9.74. The van der Waals surface area contributed by atoms with Gasteiger partial charge in [-0.3, -0.25) is 0 Å². The van der Waals surface area contributed by atoms with Crippen molar-refractivity contribution in [1.82, 2.24) is 9.97 Å². The molecule has 1 heterocycles. The Morgan fingerprint density at radius 1 is 1.25 bits per heavy atom. The van der Waals surface area contributed by atoms with E-state index in [1.807, 2.05) is 12.3 Å². The third kappa shape index (κ3) is 2.70. The Morgan fingerprint density at radius 2 is 2.10 bits per heavy atom. The first kappa shape index (κ1) is 13.2. The van der Waals surface area contributed by atoms with Crippen molar-refractivity contribution < 1.29 is 4.39 Å². The van der Waals surface area contributed by atoms with Crippen molar-refractivity contribution in [2.24, 2.45) is 5.73 Å². The Bertz CT molecular complexity index is 612. The smallest absolute Gasteiger partial charge is 0.133 e. The molecule has 4 heteroatoms. The van der Waals surface area contributed by atoms with Crippen molar-refractivity contribution >= 4 is 0 Å². The van der Waals surface area contributed by atoms with Crippen molar-refractivity contribution in [2.45, 2.75) is 38.1 Å². The molecule has 1 aliphatic rings. The number of rotatable bonds is 2. The molecule has 0 amide bonds. The predicted molar refractivity (Wildman–Crippen MR) is 75.7 cm³/mol. The summed E-state index contributed by atoms with van der Waals surface area (Å²) in [6, 6.07) is 6.80. The van der Waals surface area contributed by atoms with E-state index in [4.69, 9.17) is 5.73 Å². The van der Waals surface area contributed by atoms with Crippen molar-refractivity contribution in [1.29, 1.82) is 0 Å². The fourth-order valence-corrected chi connectivity index (χ4v) is 2.69. The fourth-order valence-electron chi connectivity index (χ4n) is 2.69. The number of nitrogens with two attached hydrogens (primary N) is 1. The van der Waals surface area contributed by atoms with Gasteiger partial charge in [-0.15, -0.1) is 0 Å². The zero-order valence-electron chi connectivity index (χ0n) is 11.3. The molecule has 2 aromatic rings. The maximum Gasteiger partial charge on any atom is 0.133 e. The van der Waals surface area contributed by atoms with Crippen LogP contribution in [0, 0.1) is 5.82 Å². The number of hydrogen-bond acceptors (Lipinski definition) is 3. The summed E-state index contributed by atoms with van der Waals surface area (Å²) in [5.74, 6) is 0.464. The molecule has 20 heavy (non-hydrogen) atoms. The molecule has 1 atom stereocenters. The van der Waals surface area contributed by atoms with Gasteiger partial charge in [0.2, 0.25) is 0 Å². The van der Waals surface area contributed by atoms with E-state index in [9.17, 15) is 4.39 Å². The first-order valence-electron chi connectivity index (χ1n) is 7.07. The molecule has 0 saturated heterocycles. The molecule has 2 N–H and O–H groups in total. The molecule has 1 aromatic carbocycles. The SMILES string of the molecule is NC1CCCCc2nc(Cc3ccccc3F)ncc21. The lowest BCUT2D eigenvalue weighted by atomic mass is 10.1. The number of fused-ring (bicyclic) bond motifs is 1. The van der Waals surface area contributed by atoms with Gasteiger partial charge in [-0.05, 0) is 30.9 Å². The summed E-state index contributed by atoms with van der Waals surface area (Å²) in [6.07, 6.45) is 6.42. The molecule has 0 bridgehead atoms. The number of aryl methyl sites for hydroxylation is 1. The minimum absolute atomic E-state index is 0.0370. The second-order valence-electron chi connectivity index (χ2n) is 5.31. The molecule has 0 saturated carbocycles. The standard InChI is InChI=1S/C16H18FN3/c17-13-6-2-1-5-11(13)9-16-19-10-12-14(18)7-3-4-8-15(12)20-16/h1-2,5-6,10,14H,3-4,7-9,18H2. The van der Waals surface area contributed by atoms with Crippen LogP contribution in [0.5, 0.6) is 0 Å². The first-order valence-corrected chi connectivity index (χ1v) is 7.07. The van der Waals surface area contributed by atoms with Gasteiger partial charge in [-0.2, -0.15) is 0 Å². The van der Waals surface area contributed by atoms with Crippen LogP contribution in [0.4, 0.5) is 4.39 Å². The van der Waals surface area contributed by atoms with Gasteiger partial charge >= 0.3 is 0 Å². The van der Waals surface area contributed by atoms with Crippen LogP contribution >= 0.6 is 0 Å². The number of benzene rings is 1. The lowest BCUT2D eigenvalue weighted by Crippen LogP contribution is -2.13. The summed E-state index contributed by atoms with van der Waals surface area (Å²) >= 11 is 0. The van der Waals surface area contributed by atoms with Gasteiger partial charge in [0, 0.05) is 29.9 Å². The summed E-state index contributed by atoms with van der Waals surface area (Å²) in [5.41, 5.74) is 8.86. The van der Waals surface area contributed by atoms with Crippen LogP contribution in [0.25, 0.3) is 0 Å². The van der Waals surface area contributed by atoms with Gasteiger partial charge in [0.05, 0.1) is 0 Å². The topological polar surface area (TPSA) is 51.8 Å². The summed E-state index contributed by atoms with van der Waals surface area (Å²) in [7, 11) is 0. The van der Waals surface area contributed by atoms with Gasteiger partial charge in [0.15, 0.2) is 0 Å². The Balaban J connectivity index is 1.89. The molecule has 0 fully saturated rings. The zero-order chi connectivity index (χ0) is 13.9. The molecule has 0 aliphatic heterocycles. The Kier molecular flexibility index (Phi) is 3.74. The molecule has 1 aromatic heterocycles. The third-order valence-corrected chi connectivity index (χ3v) is 3.83. The van der Waals surface area contributed by atoms with Gasteiger partial charge in [0.25, 0.3) is 0 Å².